The lowest BCUT2D eigenvalue weighted by molar-refractivity contribution is 1.22. The smallest absolute Gasteiger partial charge is 0.147 e. The molecular formula is C31H18N4. The van der Waals surface area contributed by atoms with E-state index in [4.69, 9.17) is 9.97 Å². The second-order valence-electron chi connectivity index (χ2n) is 9.66. The summed E-state index contributed by atoms with van der Waals surface area (Å²) in [6, 6.07) is 24.4. The Hall–Kier alpha value is -4.57. The van der Waals surface area contributed by atoms with Gasteiger partial charge in [-0.15, -0.1) is 0 Å². The van der Waals surface area contributed by atoms with Crippen LogP contribution < -0.4 is 0 Å². The summed E-state index contributed by atoms with van der Waals surface area (Å²) in [5, 5.41) is 3.60. The average Bonchev–Trinajstić information content (AvgIpc) is 3.59. The molecule has 4 heterocycles. The van der Waals surface area contributed by atoms with E-state index >= 15 is 0 Å². The maximum absolute atomic E-state index is 5.10. The molecule has 4 nitrogen and oxygen atoms in total. The fraction of sp³-hybridized carbons (Fsp3) is 0.0645. The summed E-state index contributed by atoms with van der Waals surface area (Å²) in [6.07, 6.45) is 7.49. The number of hydrogen-bond acceptors (Lipinski definition) is 3. The van der Waals surface area contributed by atoms with Crippen molar-refractivity contribution in [3.63, 3.8) is 0 Å². The molecular weight excluding hydrogens is 428 g/mol. The quantitative estimate of drug-likeness (QED) is 0.243. The van der Waals surface area contributed by atoms with Crippen molar-refractivity contribution in [2.45, 2.75) is 12.8 Å². The molecule has 9 rings (SSSR count). The molecule has 162 valence electrons. The molecule has 0 fully saturated rings. The number of aromatic nitrogens is 4. The number of nitrogens with zero attached hydrogens (tertiary/aromatic N) is 4. The van der Waals surface area contributed by atoms with Gasteiger partial charge < -0.3 is 0 Å². The topological polar surface area (TPSA) is 43.1 Å². The Labute approximate surface area is 200 Å². The van der Waals surface area contributed by atoms with Crippen LogP contribution in [0, 0.1) is 0 Å². The zero-order chi connectivity index (χ0) is 22.7. The molecule has 0 saturated carbocycles. The minimum Gasteiger partial charge on any atom is -0.276 e. The summed E-state index contributed by atoms with van der Waals surface area (Å²) in [4.78, 5) is 14.2. The molecule has 0 aliphatic heterocycles. The monoisotopic (exact) mass is 446 g/mol. The van der Waals surface area contributed by atoms with Crippen molar-refractivity contribution in [1.82, 2.24) is 19.4 Å². The van der Waals surface area contributed by atoms with Crippen LogP contribution in [0.5, 0.6) is 0 Å². The highest BCUT2D eigenvalue weighted by Crippen LogP contribution is 2.50. The molecule has 0 amide bonds. The van der Waals surface area contributed by atoms with Crippen LogP contribution in [0.4, 0.5) is 0 Å². The van der Waals surface area contributed by atoms with Crippen LogP contribution in [0.15, 0.2) is 85.3 Å². The summed E-state index contributed by atoms with van der Waals surface area (Å²) >= 11 is 0. The van der Waals surface area contributed by atoms with E-state index < -0.39 is 0 Å². The van der Waals surface area contributed by atoms with Crippen LogP contribution in [-0.4, -0.2) is 19.4 Å². The third-order valence-electron chi connectivity index (χ3n) is 7.99. The molecule has 7 aromatic rings. The zero-order valence-corrected chi connectivity index (χ0v) is 18.8. The Bertz CT molecular complexity index is 2070. The summed E-state index contributed by atoms with van der Waals surface area (Å²) in [5.74, 6) is 0. The molecule has 0 N–H and O–H groups in total. The maximum Gasteiger partial charge on any atom is 0.147 e. The van der Waals surface area contributed by atoms with Crippen LogP contribution in [-0.2, 0) is 12.8 Å². The van der Waals surface area contributed by atoms with Gasteiger partial charge in [0.25, 0.3) is 0 Å². The van der Waals surface area contributed by atoms with Gasteiger partial charge in [0, 0.05) is 29.6 Å². The van der Waals surface area contributed by atoms with Crippen LogP contribution in [0.3, 0.4) is 0 Å². The first-order valence-electron chi connectivity index (χ1n) is 12.0. The second kappa shape index (κ2) is 6.10. The highest BCUT2D eigenvalue weighted by atomic mass is 15.1. The third-order valence-corrected chi connectivity index (χ3v) is 7.99. The van der Waals surface area contributed by atoms with Crippen molar-refractivity contribution in [3.8, 4) is 22.3 Å². The van der Waals surface area contributed by atoms with Crippen LogP contribution in [0.25, 0.3) is 60.7 Å². The van der Waals surface area contributed by atoms with Gasteiger partial charge in [0.2, 0.25) is 0 Å². The first-order valence-corrected chi connectivity index (χ1v) is 12.0. The van der Waals surface area contributed by atoms with E-state index in [-0.39, 0.29) is 0 Å². The molecule has 4 aromatic heterocycles. The standard InChI is InChI=1S/C31H18N4/c1-2-5-19-17(4-1)14-18-7-8-20-21-9-10-22-23-6-3-12-33-30(23)35-27-11-13-32-16-26(27)34-31(35)29(22)25(21)15-24(20)28(18)19/h1-13,16H,14-15H2. The van der Waals surface area contributed by atoms with Crippen LogP contribution in [0.1, 0.15) is 22.3 Å². The summed E-state index contributed by atoms with van der Waals surface area (Å²) in [6.45, 7) is 0. The minimum atomic E-state index is 0.898. The zero-order valence-electron chi connectivity index (χ0n) is 18.8. The van der Waals surface area contributed by atoms with E-state index in [1.165, 1.54) is 55.3 Å². The Balaban J connectivity index is 1.44. The molecule has 0 atom stereocenters. The Morgan fingerprint density at radius 3 is 2.57 bits per heavy atom. The second-order valence-corrected chi connectivity index (χ2v) is 9.66. The van der Waals surface area contributed by atoms with Gasteiger partial charge in [0.15, 0.2) is 0 Å². The van der Waals surface area contributed by atoms with Gasteiger partial charge in [-0.25, -0.2) is 9.97 Å². The first kappa shape index (κ1) is 17.8. The SMILES string of the molecule is c1ccc2c(c1)Cc1ccc3c(c1-2)Cc1c-3ccc2c3cccnc3n3c4ccncc4nc3c12. The largest absolute Gasteiger partial charge is 0.276 e. The first-order chi connectivity index (χ1) is 17.4. The normalized spacial score (nSPS) is 13.5. The van der Waals surface area contributed by atoms with Gasteiger partial charge >= 0.3 is 0 Å². The van der Waals surface area contributed by atoms with Gasteiger partial charge in [-0.05, 0) is 74.5 Å². The van der Waals surface area contributed by atoms with Crippen LogP contribution in [0.2, 0.25) is 0 Å². The maximum atomic E-state index is 5.10. The van der Waals surface area contributed by atoms with Gasteiger partial charge in [0.05, 0.1) is 11.7 Å². The lowest BCUT2D eigenvalue weighted by atomic mass is 9.95. The van der Waals surface area contributed by atoms with Crippen LogP contribution >= 0.6 is 0 Å². The van der Waals surface area contributed by atoms with Gasteiger partial charge in [0.1, 0.15) is 16.8 Å². The molecule has 0 spiro atoms. The van der Waals surface area contributed by atoms with Gasteiger partial charge in [-0.2, -0.15) is 0 Å². The average molecular weight is 447 g/mol. The molecule has 3 aromatic carbocycles. The molecule has 0 unspecified atom stereocenters. The summed E-state index contributed by atoms with van der Waals surface area (Å²) < 4.78 is 2.22. The van der Waals surface area contributed by atoms with Crippen molar-refractivity contribution in [2.75, 3.05) is 0 Å². The lowest BCUT2D eigenvalue weighted by Crippen LogP contribution is -1.96. The highest BCUT2D eigenvalue weighted by Gasteiger charge is 2.30. The van der Waals surface area contributed by atoms with E-state index in [9.17, 15) is 0 Å². The van der Waals surface area contributed by atoms with Crippen molar-refractivity contribution in [1.29, 1.82) is 0 Å². The van der Waals surface area contributed by atoms with Gasteiger partial charge in [-0.1, -0.05) is 48.5 Å². The number of benzene rings is 3. The number of fused-ring (bicyclic) bond motifs is 16. The van der Waals surface area contributed by atoms with Crippen molar-refractivity contribution >= 4 is 38.5 Å². The molecule has 0 radical (unpaired) electrons. The van der Waals surface area contributed by atoms with E-state index in [1.54, 1.807) is 0 Å². The van der Waals surface area contributed by atoms with Gasteiger partial charge in [-0.3, -0.25) is 9.38 Å². The molecule has 4 heteroatoms. The predicted molar refractivity (Wildman–Crippen MR) is 140 cm³/mol. The lowest BCUT2D eigenvalue weighted by Gasteiger charge is -2.11. The molecule has 0 saturated heterocycles. The Morgan fingerprint density at radius 2 is 1.57 bits per heavy atom. The summed E-state index contributed by atoms with van der Waals surface area (Å²) in [5.41, 5.74) is 15.1. The van der Waals surface area contributed by atoms with Crippen molar-refractivity contribution < 1.29 is 0 Å². The number of pyridine rings is 3. The number of hydrogen-bond donors (Lipinski definition) is 0. The van der Waals surface area contributed by atoms with Crippen molar-refractivity contribution in [2.24, 2.45) is 0 Å². The molecule has 35 heavy (non-hydrogen) atoms. The number of imidazole rings is 1. The number of rotatable bonds is 0. The van der Waals surface area contributed by atoms with E-state index in [0.29, 0.717) is 0 Å². The van der Waals surface area contributed by atoms with Crippen molar-refractivity contribution in [3.05, 3.63) is 108 Å². The highest BCUT2D eigenvalue weighted by molar-refractivity contribution is 6.16. The van der Waals surface area contributed by atoms with E-state index in [1.807, 2.05) is 30.7 Å². The predicted octanol–water partition coefficient (Wildman–Crippen LogP) is 6.73. The molecule has 2 aliphatic rings. The Morgan fingerprint density at radius 1 is 0.657 bits per heavy atom. The Kier molecular flexibility index (Phi) is 3.11. The van der Waals surface area contributed by atoms with E-state index in [2.05, 4.69) is 64.0 Å². The van der Waals surface area contributed by atoms with E-state index in [0.717, 1.165) is 40.6 Å². The molecule has 2 aliphatic carbocycles. The third kappa shape index (κ3) is 2.11. The summed E-state index contributed by atoms with van der Waals surface area (Å²) in [7, 11) is 0. The minimum absolute atomic E-state index is 0.898. The molecule has 0 bridgehead atoms. The fourth-order valence-corrected chi connectivity index (χ4v) is 6.58. The fourth-order valence-electron chi connectivity index (χ4n) is 6.58.